The highest BCUT2D eigenvalue weighted by molar-refractivity contribution is 7.22. The number of amides is 1. The summed E-state index contributed by atoms with van der Waals surface area (Å²) in [4.78, 5) is 19.8. The first-order chi connectivity index (χ1) is 12.6. The van der Waals surface area contributed by atoms with Crippen LogP contribution in [0.1, 0.15) is 34.3 Å². The lowest BCUT2D eigenvalue weighted by Gasteiger charge is -2.23. The van der Waals surface area contributed by atoms with Crippen LogP contribution >= 0.6 is 11.3 Å². The number of carbonyl (C=O) groups excluding carboxylic acids is 1. The van der Waals surface area contributed by atoms with Gasteiger partial charge in [0.2, 0.25) is 0 Å². The van der Waals surface area contributed by atoms with Crippen LogP contribution < -0.4 is 4.90 Å². The predicted molar refractivity (Wildman–Crippen MR) is 106 cm³/mol. The topological polar surface area (TPSA) is 42.4 Å². The number of hydrogen-bond acceptors (Lipinski definition) is 4. The maximum absolute atomic E-state index is 13.2. The van der Waals surface area contributed by atoms with Crippen LogP contribution in [0.4, 0.5) is 5.13 Å². The minimum Gasteiger partial charge on any atom is -0.376 e. The van der Waals surface area contributed by atoms with E-state index in [1.807, 2.05) is 30.3 Å². The average Bonchev–Trinajstić information content (AvgIpc) is 3.29. The van der Waals surface area contributed by atoms with Gasteiger partial charge in [0.05, 0.1) is 22.9 Å². The molecule has 1 atom stereocenters. The van der Waals surface area contributed by atoms with E-state index in [4.69, 9.17) is 9.72 Å². The standard InChI is InChI=1S/C21H22N2O2S/c1-14-11-15(2)19-18(12-14)26-21(22-19)23(13-17-9-6-10-25-17)20(24)16-7-4-3-5-8-16/h3-5,7-8,11-12,17H,6,9-10,13H2,1-2H3. The van der Waals surface area contributed by atoms with E-state index in [0.29, 0.717) is 12.1 Å². The highest BCUT2D eigenvalue weighted by Crippen LogP contribution is 2.33. The van der Waals surface area contributed by atoms with E-state index in [9.17, 15) is 4.79 Å². The van der Waals surface area contributed by atoms with E-state index in [1.54, 1.807) is 16.2 Å². The molecule has 4 nitrogen and oxygen atoms in total. The fraction of sp³-hybridized carbons (Fsp3) is 0.333. The van der Waals surface area contributed by atoms with Gasteiger partial charge in [0, 0.05) is 12.2 Å². The molecule has 1 aliphatic heterocycles. The third kappa shape index (κ3) is 3.37. The van der Waals surface area contributed by atoms with Gasteiger partial charge in [-0.3, -0.25) is 9.69 Å². The van der Waals surface area contributed by atoms with Crippen molar-refractivity contribution >= 4 is 32.6 Å². The normalized spacial score (nSPS) is 16.9. The molecule has 4 rings (SSSR count). The number of fused-ring (bicyclic) bond motifs is 1. The van der Waals surface area contributed by atoms with Crippen LogP contribution in [-0.4, -0.2) is 30.1 Å². The number of rotatable bonds is 4. The van der Waals surface area contributed by atoms with Gasteiger partial charge in [0.25, 0.3) is 5.91 Å². The Morgan fingerprint density at radius 1 is 1.27 bits per heavy atom. The predicted octanol–water partition coefficient (Wildman–Crippen LogP) is 4.74. The minimum atomic E-state index is -0.0190. The molecule has 3 aromatic rings. The Bertz CT molecular complexity index is 930. The SMILES string of the molecule is Cc1cc(C)c2nc(N(CC3CCCO3)C(=O)c3ccccc3)sc2c1. The first kappa shape index (κ1) is 17.2. The van der Waals surface area contributed by atoms with Crippen LogP contribution in [-0.2, 0) is 4.74 Å². The maximum atomic E-state index is 13.2. The Balaban J connectivity index is 1.74. The van der Waals surface area contributed by atoms with Crippen molar-refractivity contribution in [1.82, 2.24) is 4.98 Å². The third-order valence-corrected chi connectivity index (χ3v) is 5.75. The first-order valence-corrected chi connectivity index (χ1v) is 9.80. The van der Waals surface area contributed by atoms with E-state index >= 15 is 0 Å². The molecule has 1 aliphatic rings. The number of ether oxygens (including phenoxy) is 1. The molecule has 0 N–H and O–H groups in total. The number of aryl methyl sites for hydroxylation is 2. The van der Waals surface area contributed by atoms with Crippen LogP contribution in [0.5, 0.6) is 0 Å². The van der Waals surface area contributed by atoms with Gasteiger partial charge in [-0.15, -0.1) is 0 Å². The van der Waals surface area contributed by atoms with Crippen LogP contribution in [0, 0.1) is 13.8 Å². The summed E-state index contributed by atoms with van der Waals surface area (Å²) < 4.78 is 6.91. The first-order valence-electron chi connectivity index (χ1n) is 8.98. The molecule has 1 fully saturated rings. The second-order valence-electron chi connectivity index (χ2n) is 6.84. The zero-order chi connectivity index (χ0) is 18.1. The van der Waals surface area contributed by atoms with Gasteiger partial charge in [-0.05, 0) is 56.0 Å². The van der Waals surface area contributed by atoms with Gasteiger partial charge in [0.1, 0.15) is 0 Å². The van der Waals surface area contributed by atoms with Gasteiger partial charge in [-0.1, -0.05) is 35.6 Å². The van der Waals surface area contributed by atoms with Crippen molar-refractivity contribution in [2.45, 2.75) is 32.8 Å². The fourth-order valence-electron chi connectivity index (χ4n) is 3.45. The number of aromatic nitrogens is 1. The molecule has 1 unspecified atom stereocenters. The Morgan fingerprint density at radius 2 is 2.08 bits per heavy atom. The number of hydrogen-bond donors (Lipinski definition) is 0. The number of benzene rings is 2. The molecule has 134 valence electrons. The van der Waals surface area contributed by atoms with Gasteiger partial charge in [-0.25, -0.2) is 4.98 Å². The molecule has 1 saturated heterocycles. The van der Waals surface area contributed by atoms with Crippen LogP contribution in [0.25, 0.3) is 10.2 Å². The zero-order valence-corrected chi connectivity index (χ0v) is 15.9. The van der Waals surface area contributed by atoms with Crippen molar-refractivity contribution in [3.63, 3.8) is 0 Å². The summed E-state index contributed by atoms with van der Waals surface area (Å²) in [5.74, 6) is -0.0190. The van der Waals surface area contributed by atoms with Gasteiger partial charge in [0.15, 0.2) is 5.13 Å². The van der Waals surface area contributed by atoms with Gasteiger partial charge < -0.3 is 4.74 Å². The lowest BCUT2D eigenvalue weighted by atomic mass is 10.1. The zero-order valence-electron chi connectivity index (χ0n) is 15.1. The Hall–Kier alpha value is -2.24. The van der Waals surface area contributed by atoms with Crippen molar-refractivity contribution in [2.75, 3.05) is 18.1 Å². The molecule has 5 heteroatoms. The number of anilines is 1. The fourth-order valence-corrected chi connectivity index (χ4v) is 4.60. The number of thiazole rings is 1. The van der Waals surface area contributed by atoms with Crippen LogP contribution in [0.3, 0.4) is 0 Å². The summed E-state index contributed by atoms with van der Waals surface area (Å²) >= 11 is 1.58. The van der Waals surface area contributed by atoms with Crippen molar-refractivity contribution in [1.29, 1.82) is 0 Å². The summed E-state index contributed by atoms with van der Waals surface area (Å²) in [5, 5.41) is 0.748. The molecular weight excluding hydrogens is 344 g/mol. The van der Waals surface area contributed by atoms with E-state index < -0.39 is 0 Å². The second-order valence-corrected chi connectivity index (χ2v) is 7.85. The second kappa shape index (κ2) is 7.17. The molecule has 0 radical (unpaired) electrons. The summed E-state index contributed by atoms with van der Waals surface area (Å²) in [6.45, 7) is 5.48. The maximum Gasteiger partial charge on any atom is 0.260 e. The third-order valence-electron chi connectivity index (χ3n) is 4.73. The molecule has 0 saturated carbocycles. The lowest BCUT2D eigenvalue weighted by molar-refractivity contribution is 0.0917. The minimum absolute atomic E-state index is 0.0190. The van der Waals surface area contributed by atoms with E-state index in [-0.39, 0.29) is 12.0 Å². The van der Waals surface area contributed by atoms with Crippen molar-refractivity contribution in [3.05, 3.63) is 59.2 Å². The smallest absolute Gasteiger partial charge is 0.260 e. The highest BCUT2D eigenvalue weighted by atomic mass is 32.1. The summed E-state index contributed by atoms with van der Waals surface area (Å²) in [6.07, 6.45) is 2.12. The highest BCUT2D eigenvalue weighted by Gasteiger charge is 2.27. The van der Waals surface area contributed by atoms with Crippen LogP contribution in [0.2, 0.25) is 0 Å². The molecule has 2 aromatic carbocycles. The average molecular weight is 366 g/mol. The van der Waals surface area contributed by atoms with E-state index in [0.717, 1.165) is 40.4 Å². The number of nitrogens with zero attached hydrogens (tertiary/aromatic N) is 2. The van der Waals surface area contributed by atoms with Gasteiger partial charge in [-0.2, -0.15) is 0 Å². The van der Waals surface area contributed by atoms with Crippen LogP contribution in [0.15, 0.2) is 42.5 Å². The molecule has 0 spiro atoms. The summed E-state index contributed by atoms with van der Waals surface area (Å²) in [6, 6.07) is 13.7. The van der Waals surface area contributed by atoms with Crippen molar-refractivity contribution in [2.24, 2.45) is 0 Å². The Kier molecular flexibility index (Phi) is 4.74. The molecule has 1 aromatic heterocycles. The molecule has 26 heavy (non-hydrogen) atoms. The molecular formula is C21H22N2O2S. The Morgan fingerprint density at radius 3 is 2.81 bits per heavy atom. The monoisotopic (exact) mass is 366 g/mol. The molecule has 1 amide bonds. The number of carbonyl (C=O) groups is 1. The van der Waals surface area contributed by atoms with E-state index in [2.05, 4.69) is 26.0 Å². The molecule has 0 bridgehead atoms. The van der Waals surface area contributed by atoms with Crippen molar-refractivity contribution < 1.29 is 9.53 Å². The quantitative estimate of drug-likeness (QED) is 0.670. The Labute approximate surface area is 157 Å². The molecule has 0 aliphatic carbocycles. The lowest BCUT2D eigenvalue weighted by Crippen LogP contribution is -2.37. The largest absolute Gasteiger partial charge is 0.376 e. The summed E-state index contributed by atoms with van der Waals surface area (Å²) in [7, 11) is 0. The van der Waals surface area contributed by atoms with Gasteiger partial charge >= 0.3 is 0 Å². The van der Waals surface area contributed by atoms with Crippen molar-refractivity contribution in [3.8, 4) is 0 Å². The molecule has 2 heterocycles. The summed E-state index contributed by atoms with van der Waals surface area (Å²) in [5.41, 5.74) is 4.02. The van der Waals surface area contributed by atoms with E-state index in [1.165, 1.54) is 5.56 Å².